The zero-order valence-electron chi connectivity index (χ0n) is 12.9. The fraction of sp³-hybridized carbons (Fsp3) is 0.824. The number of aromatic nitrogens is 2. The van der Waals surface area contributed by atoms with Crippen molar-refractivity contribution < 1.29 is 9.32 Å². The number of nitrogens with zero attached hydrogens (tertiary/aromatic N) is 2. The first-order valence-electron chi connectivity index (χ1n) is 8.71. The van der Waals surface area contributed by atoms with Gasteiger partial charge in [-0.1, -0.05) is 50.1 Å². The zero-order chi connectivity index (χ0) is 14.5. The summed E-state index contributed by atoms with van der Waals surface area (Å²) in [5, 5.41) is 4.21. The molecule has 0 bridgehead atoms. The fourth-order valence-corrected chi connectivity index (χ4v) is 3.69. The van der Waals surface area contributed by atoms with Crippen LogP contribution in [0.1, 0.15) is 101 Å². The van der Waals surface area contributed by atoms with Gasteiger partial charge in [0, 0.05) is 12.3 Å². The van der Waals surface area contributed by atoms with E-state index >= 15 is 0 Å². The second kappa shape index (κ2) is 7.19. The lowest BCUT2D eigenvalue weighted by atomic mass is 9.90. The molecule has 0 aliphatic heterocycles. The molecule has 0 radical (unpaired) electrons. The number of hydrogen-bond donors (Lipinski definition) is 0. The molecule has 1 aromatic rings. The third kappa shape index (κ3) is 3.72. The monoisotopic (exact) mass is 290 g/mol. The lowest BCUT2D eigenvalue weighted by Gasteiger charge is -2.15. The number of ketones is 1. The summed E-state index contributed by atoms with van der Waals surface area (Å²) >= 11 is 0. The van der Waals surface area contributed by atoms with Crippen LogP contribution in [0.4, 0.5) is 0 Å². The predicted molar refractivity (Wildman–Crippen MR) is 80.2 cm³/mol. The molecule has 3 rings (SSSR count). The van der Waals surface area contributed by atoms with Crippen LogP contribution in [-0.4, -0.2) is 15.9 Å². The van der Waals surface area contributed by atoms with Crippen molar-refractivity contribution in [1.82, 2.24) is 10.1 Å². The predicted octanol–water partition coefficient (Wildman–Crippen LogP) is 4.51. The average Bonchev–Trinajstić information content (AvgIpc) is 2.82. The van der Waals surface area contributed by atoms with E-state index in [1.54, 1.807) is 0 Å². The first kappa shape index (κ1) is 14.7. The molecule has 2 aliphatic rings. The van der Waals surface area contributed by atoms with Crippen molar-refractivity contribution in [2.24, 2.45) is 0 Å². The molecule has 0 aromatic carbocycles. The molecule has 1 unspecified atom stereocenters. The Bertz CT molecular complexity index is 461. The highest BCUT2D eigenvalue weighted by Gasteiger charge is 2.29. The quantitative estimate of drug-likeness (QED) is 0.752. The maximum atomic E-state index is 12.2. The molecule has 0 N–H and O–H groups in total. The third-order valence-electron chi connectivity index (χ3n) is 5.03. The van der Waals surface area contributed by atoms with Gasteiger partial charge in [-0.25, -0.2) is 0 Å². The summed E-state index contributed by atoms with van der Waals surface area (Å²) < 4.78 is 5.47. The van der Waals surface area contributed by atoms with Crippen LogP contribution in [-0.2, 0) is 4.79 Å². The van der Waals surface area contributed by atoms with E-state index in [0.29, 0.717) is 24.0 Å². The molecule has 4 heteroatoms. The Morgan fingerprint density at radius 1 is 0.857 bits per heavy atom. The second-order valence-corrected chi connectivity index (χ2v) is 6.65. The molecule has 2 fully saturated rings. The van der Waals surface area contributed by atoms with Crippen molar-refractivity contribution in [2.75, 3.05) is 0 Å². The molecular formula is C17H26N2O2. The third-order valence-corrected chi connectivity index (χ3v) is 5.03. The Labute approximate surface area is 126 Å². The number of hydrogen-bond acceptors (Lipinski definition) is 4. The van der Waals surface area contributed by atoms with E-state index in [2.05, 4.69) is 10.1 Å². The van der Waals surface area contributed by atoms with Crippen molar-refractivity contribution >= 4 is 5.78 Å². The van der Waals surface area contributed by atoms with Gasteiger partial charge in [-0.05, 0) is 25.7 Å². The van der Waals surface area contributed by atoms with E-state index in [4.69, 9.17) is 4.52 Å². The number of Topliss-reactive ketones (excluding diaryl/α,β-unsaturated/α-hetero) is 1. The van der Waals surface area contributed by atoms with Crippen LogP contribution in [0.5, 0.6) is 0 Å². The SMILES string of the molecule is O=C1CCCCCC1c1nc(C2CCCCCCC2)no1. The Morgan fingerprint density at radius 3 is 2.33 bits per heavy atom. The smallest absolute Gasteiger partial charge is 0.237 e. The maximum Gasteiger partial charge on any atom is 0.237 e. The molecule has 0 spiro atoms. The van der Waals surface area contributed by atoms with E-state index < -0.39 is 0 Å². The van der Waals surface area contributed by atoms with Crippen LogP contribution in [0.3, 0.4) is 0 Å². The van der Waals surface area contributed by atoms with Gasteiger partial charge >= 0.3 is 0 Å². The molecule has 21 heavy (non-hydrogen) atoms. The van der Waals surface area contributed by atoms with Gasteiger partial charge in [0.1, 0.15) is 5.78 Å². The normalized spacial score (nSPS) is 26.1. The first-order chi connectivity index (χ1) is 10.3. The first-order valence-corrected chi connectivity index (χ1v) is 8.71. The number of carbonyl (C=O) groups is 1. The average molecular weight is 290 g/mol. The molecule has 2 saturated carbocycles. The molecule has 1 heterocycles. The molecule has 1 atom stereocenters. The Kier molecular flexibility index (Phi) is 5.04. The Hall–Kier alpha value is -1.19. The van der Waals surface area contributed by atoms with Crippen LogP contribution in [0.2, 0.25) is 0 Å². The van der Waals surface area contributed by atoms with E-state index in [-0.39, 0.29) is 5.92 Å². The van der Waals surface area contributed by atoms with Crippen LogP contribution in [0.25, 0.3) is 0 Å². The summed E-state index contributed by atoms with van der Waals surface area (Å²) in [6.07, 6.45) is 13.7. The molecule has 0 saturated heterocycles. The van der Waals surface area contributed by atoms with Gasteiger partial charge < -0.3 is 4.52 Å². The van der Waals surface area contributed by atoms with E-state index in [1.807, 2.05) is 0 Å². The van der Waals surface area contributed by atoms with Gasteiger partial charge in [0.05, 0.1) is 5.92 Å². The Balaban J connectivity index is 1.70. The molecule has 1 aromatic heterocycles. The highest BCUT2D eigenvalue weighted by atomic mass is 16.5. The van der Waals surface area contributed by atoms with E-state index in [1.165, 1.54) is 32.1 Å². The molecular weight excluding hydrogens is 264 g/mol. The zero-order valence-corrected chi connectivity index (χ0v) is 12.9. The van der Waals surface area contributed by atoms with Crippen molar-refractivity contribution in [3.8, 4) is 0 Å². The standard InChI is InChI=1S/C17H26N2O2/c20-15-12-8-4-7-11-14(15)17-18-16(19-21-17)13-9-5-2-1-3-6-10-13/h13-14H,1-12H2. The van der Waals surface area contributed by atoms with E-state index in [9.17, 15) is 4.79 Å². The van der Waals surface area contributed by atoms with Crippen molar-refractivity contribution in [3.63, 3.8) is 0 Å². The highest BCUT2D eigenvalue weighted by Crippen LogP contribution is 2.32. The van der Waals surface area contributed by atoms with Crippen LogP contribution >= 0.6 is 0 Å². The van der Waals surface area contributed by atoms with E-state index in [0.717, 1.165) is 44.3 Å². The topological polar surface area (TPSA) is 56.0 Å². The summed E-state index contributed by atoms with van der Waals surface area (Å²) in [5.41, 5.74) is 0. The van der Waals surface area contributed by atoms with Crippen molar-refractivity contribution in [1.29, 1.82) is 0 Å². The van der Waals surface area contributed by atoms with Gasteiger partial charge in [-0.3, -0.25) is 4.79 Å². The minimum Gasteiger partial charge on any atom is -0.339 e. The largest absolute Gasteiger partial charge is 0.339 e. The maximum absolute atomic E-state index is 12.2. The molecule has 0 amide bonds. The molecule has 4 nitrogen and oxygen atoms in total. The molecule has 2 aliphatic carbocycles. The lowest BCUT2D eigenvalue weighted by Crippen LogP contribution is -2.11. The second-order valence-electron chi connectivity index (χ2n) is 6.65. The van der Waals surface area contributed by atoms with Crippen LogP contribution in [0.15, 0.2) is 4.52 Å². The summed E-state index contributed by atoms with van der Waals surface area (Å²) in [7, 11) is 0. The van der Waals surface area contributed by atoms with Gasteiger partial charge in [0.15, 0.2) is 5.82 Å². The summed E-state index contributed by atoms with van der Waals surface area (Å²) in [6.45, 7) is 0. The minimum atomic E-state index is -0.137. The summed E-state index contributed by atoms with van der Waals surface area (Å²) in [5.74, 6) is 2.02. The van der Waals surface area contributed by atoms with Crippen LogP contribution < -0.4 is 0 Å². The van der Waals surface area contributed by atoms with Crippen molar-refractivity contribution in [3.05, 3.63) is 11.7 Å². The summed E-state index contributed by atoms with van der Waals surface area (Å²) in [4.78, 5) is 16.8. The number of carbonyl (C=O) groups excluding carboxylic acids is 1. The lowest BCUT2D eigenvalue weighted by molar-refractivity contribution is -0.120. The molecule has 116 valence electrons. The Morgan fingerprint density at radius 2 is 1.52 bits per heavy atom. The van der Waals surface area contributed by atoms with Crippen molar-refractivity contribution in [2.45, 2.75) is 88.9 Å². The van der Waals surface area contributed by atoms with Gasteiger partial charge in [0.25, 0.3) is 0 Å². The highest BCUT2D eigenvalue weighted by molar-refractivity contribution is 5.84. The van der Waals surface area contributed by atoms with Gasteiger partial charge in [0.2, 0.25) is 5.89 Å². The van der Waals surface area contributed by atoms with Crippen LogP contribution in [0, 0.1) is 0 Å². The van der Waals surface area contributed by atoms with Gasteiger partial charge in [-0.2, -0.15) is 4.98 Å². The summed E-state index contributed by atoms with van der Waals surface area (Å²) in [6, 6.07) is 0. The number of rotatable bonds is 2. The minimum absolute atomic E-state index is 0.137. The fourth-order valence-electron chi connectivity index (χ4n) is 3.69. The van der Waals surface area contributed by atoms with Gasteiger partial charge in [-0.15, -0.1) is 0 Å².